The highest BCUT2D eigenvalue weighted by Gasteiger charge is 2.29. The predicted molar refractivity (Wildman–Crippen MR) is 112 cm³/mol. The molecule has 0 saturated carbocycles. The maximum atomic E-state index is 12.4. The van der Waals surface area contributed by atoms with Crippen molar-refractivity contribution in [2.75, 3.05) is 19.0 Å². The van der Waals surface area contributed by atoms with Gasteiger partial charge in [0.1, 0.15) is 5.75 Å². The van der Waals surface area contributed by atoms with E-state index in [9.17, 15) is 4.79 Å². The first-order chi connectivity index (χ1) is 14.6. The molecule has 30 heavy (non-hydrogen) atoms. The molecule has 1 unspecified atom stereocenters. The Morgan fingerprint density at radius 3 is 2.93 bits per heavy atom. The molecule has 0 spiro atoms. The van der Waals surface area contributed by atoms with Gasteiger partial charge in [-0.05, 0) is 50.8 Å². The van der Waals surface area contributed by atoms with E-state index in [2.05, 4.69) is 20.3 Å². The number of methoxy groups -OCH3 is 1. The summed E-state index contributed by atoms with van der Waals surface area (Å²) in [6, 6.07) is 5.76. The van der Waals surface area contributed by atoms with Crippen LogP contribution in [0.15, 0.2) is 36.9 Å². The molecular formula is C22H25N5O3. The first kappa shape index (κ1) is 19.9. The molecule has 0 radical (unpaired) electrons. The number of nitrogens with one attached hydrogen (secondary N) is 1. The molecule has 8 nitrogen and oxygen atoms in total. The lowest BCUT2D eigenvalue weighted by Crippen LogP contribution is -2.23. The van der Waals surface area contributed by atoms with Gasteiger partial charge in [-0.2, -0.15) is 0 Å². The fraction of sp³-hybridized carbons (Fsp3) is 0.364. The van der Waals surface area contributed by atoms with Crippen molar-refractivity contribution in [3.05, 3.63) is 53.9 Å². The molecule has 3 aromatic rings. The van der Waals surface area contributed by atoms with Gasteiger partial charge in [-0.3, -0.25) is 4.79 Å². The number of hydrogen-bond acceptors (Lipinski definition) is 7. The average Bonchev–Trinajstić information content (AvgIpc) is 3.19. The average molecular weight is 407 g/mol. The number of aryl methyl sites for hydroxylation is 2. The van der Waals surface area contributed by atoms with Crippen molar-refractivity contribution in [3.8, 4) is 11.4 Å². The molecule has 1 aliphatic carbocycles. The van der Waals surface area contributed by atoms with E-state index in [1.807, 2.05) is 42.8 Å². The van der Waals surface area contributed by atoms with E-state index in [1.54, 1.807) is 19.6 Å². The van der Waals surface area contributed by atoms with Crippen LogP contribution in [0.25, 0.3) is 5.69 Å². The van der Waals surface area contributed by atoms with Crippen molar-refractivity contribution >= 4 is 17.6 Å². The van der Waals surface area contributed by atoms with Gasteiger partial charge in [-0.15, -0.1) is 0 Å². The van der Waals surface area contributed by atoms with Gasteiger partial charge in [0.2, 0.25) is 5.95 Å². The van der Waals surface area contributed by atoms with E-state index in [1.165, 1.54) is 0 Å². The Morgan fingerprint density at radius 1 is 1.33 bits per heavy atom. The number of nitrogens with zero attached hydrogens (tertiary/aromatic N) is 4. The van der Waals surface area contributed by atoms with Crippen LogP contribution in [-0.2, 0) is 16.0 Å². The number of ether oxygens (including phenoxy) is 2. The highest BCUT2D eigenvalue weighted by molar-refractivity contribution is 5.78. The van der Waals surface area contributed by atoms with Crippen LogP contribution in [0.4, 0.5) is 11.6 Å². The SMILES string of the molecule is CCOC(=O)C1CCCc2cnc(Nc3ccc(-n4cnc(C)c4)c(OC)c3)nc21. The van der Waals surface area contributed by atoms with Crippen LogP contribution in [0.5, 0.6) is 5.75 Å². The minimum atomic E-state index is -0.335. The Labute approximate surface area is 175 Å². The number of esters is 1. The molecule has 1 aromatic carbocycles. The highest BCUT2D eigenvalue weighted by Crippen LogP contribution is 2.32. The zero-order chi connectivity index (χ0) is 21.1. The number of imidazole rings is 1. The quantitative estimate of drug-likeness (QED) is 0.623. The summed E-state index contributed by atoms with van der Waals surface area (Å²) in [5.41, 5.74) is 4.37. The third-order valence-corrected chi connectivity index (χ3v) is 5.16. The fourth-order valence-electron chi connectivity index (χ4n) is 3.73. The van der Waals surface area contributed by atoms with Crippen LogP contribution in [0.1, 0.15) is 42.6 Å². The number of carbonyl (C=O) groups is 1. The molecule has 0 amide bonds. The van der Waals surface area contributed by atoms with Crippen molar-refractivity contribution < 1.29 is 14.3 Å². The molecular weight excluding hydrogens is 382 g/mol. The molecule has 8 heteroatoms. The van der Waals surface area contributed by atoms with E-state index in [4.69, 9.17) is 9.47 Å². The third kappa shape index (κ3) is 3.98. The number of fused-ring (bicyclic) bond motifs is 1. The van der Waals surface area contributed by atoms with Gasteiger partial charge in [0, 0.05) is 24.1 Å². The standard InChI is InChI=1S/C22H25N5O3/c1-4-30-21(28)17-7-5-6-15-11-23-22(26-20(15)17)25-16-8-9-18(19(10-16)29-3)27-12-14(2)24-13-27/h8-13,17H,4-7H2,1-3H3,(H,23,25,26). The lowest BCUT2D eigenvalue weighted by atomic mass is 9.87. The third-order valence-electron chi connectivity index (χ3n) is 5.16. The van der Waals surface area contributed by atoms with Gasteiger partial charge in [0.25, 0.3) is 0 Å². The minimum absolute atomic E-state index is 0.218. The van der Waals surface area contributed by atoms with E-state index < -0.39 is 0 Å². The van der Waals surface area contributed by atoms with Gasteiger partial charge in [0.05, 0.1) is 43.0 Å². The van der Waals surface area contributed by atoms with Crippen molar-refractivity contribution in [2.45, 2.75) is 39.0 Å². The Bertz CT molecular complexity index is 1060. The number of aromatic nitrogens is 4. The number of carbonyl (C=O) groups excluding carboxylic acids is 1. The van der Waals surface area contributed by atoms with Crippen LogP contribution in [0, 0.1) is 6.92 Å². The lowest BCUT2D eigenvalue weighted by Gasteiger charge is -2.23. The van der Waals surface area contributed by atoms with Gasteiger partial charge < -0.3 is 19.4 Å². The molecule has 0 fully saturated rings. The largest absolute Gasteiger partial charge is 0.494 e. The van der Waals surface area contributed by atoms with Crippen molar-refractivity contribution in [1.82, 2.24) is 19.5 Å². The summed E-state index contributed by atoms with van der Waals surface area (Å²) < 4.78 is 12.7. The van der Waals surface area contributed by atoms with E-state index >= 15 is 0 Å². The van der Waals surface area contributed by atoms with Gasteiger partial charge in [-0.1, -0.05) is 0 Å². The van der Waals surface area contributed by atoms with Crippen LogP contribution in [0.3, 0.4) is 0 Å². The van der Waals surface area contributed by atoms with Crippen LogP contribution in [-0.4, -0.2) is 39.2 Å². The first-order valence-corrected chi connectivity index (χ1v) is 10.1. The topological polar surface area (TPSA) is 91.2 Å². The van der Waals surface area contributed by atoms with Gasteiger partial charge >= 0.3 is 5.97 Å². The van der Waals surface area contributed by atoms with Crippen molar-refractivity contribution in [1.29, 1.82) is 0 Å². The summed E-state index contributed by atoms with van der Waals surface area (Å²) in [5, 5.41) is 3.22. The first-order valence-electron chi connectivity index (χ1n) is 10.1. The summed E-state index contributed by atoms with van der Waals surface area (Å²) in [6.07, 6.45) is 8.04. The second-order valence-electron chi connectivity index (χ2n) is 7.23. The second-order valence-corrected chi connectivity index (χ2v) is 7.23. The Morgan fingerprint density at radius 2 is 2.20 bits per heavy atom. The molecule has 1 N–H and O–H groups in total. The van der Waals surface area contributed by atoms with Gasteiger partial charge in [-0.25, -0.2) is 15.0 Å². The number of hydrogen-bond donors (Lipinski definition) is 1. The van der Waals surface area contributed by atoms with Crippen LogP contribution >= 0.6 is 0 Å². The normalized spacial score (nSPS) is 15.4. The smallest absolute Gasteiger partial charge is 0.315 e. The summed E-state index contributed by atoms with van der Waals surface area (Å²) in [5.74, 6) is 0.585. The van der Waals surface area contributed by atoms with Crippen molar-refractivity contribution in [2.24, 2.45) is 0 Å². The fourth-order valence-corrected chi connectivity index (χ4v) is 3.73. The molecule has 0 saturated heterocycles. The summed E-state index contributed by atoms with van der Waals surface area (Å²) >= 11 is 0. The second kappa shape index (κ2) is 8.52. The molecule has 4 rings (SSSR count). The summed E-state index contributed by atoms with van der Waals surface area (Å²) in [6.45, 7) is 4.12. The van der Waals surface area contributed by atoms with Crippen LogP contribution in [0.2, 0.25) is 0 Å². The minimum Gasteiger partial charge on any atom is -0.494 e. The zero-order valence-electron chi connectivity index (χ0n) is 17.4. The molecule has 2 aromatic heterocycles. The lowest BCUT2D eigenvalue weighted by molar-refractivity contribution is -0.145. The van der Waals surface area contributed by atoms with E-state index in [0.717, 1.165) is 47.6 Å². The maximum Gasteiger partial charge on any atom is 0.315 e. The number of anilines is 2. The monoisotopic (exact) mass is 407 g/mol. The van der Waals surface area contributed by atoms with E-state index in [-0.39, 0.29) is 11.9 Å². The molecule has 0 bridgehead atoms. The molecule has 0 aliphatic heterocycles. The Balaban J connectivity index is 1.60. The Kier molecular flexibility index (Phi) is 5.65. The van der Waals surface area contributed by atoms with E-state index in [0.29, 0.717) is 18.3 Å². The Hall–Kier alpha value is -3.42. The molecule has 156 valence electrons. The highest BCUT2D eigenvalue weighted by atomic mass is 16.5. The zero-order valence-corrected chi connectivity index (χ0v) is 17.4. The summed E-state index contributed by atoms with van der Waals surface area (Å²) in [7, 11) is 1.63. The molecule has 2 heterocycles. The summed E-state index contributed by atoms with van der Waals surface area (Å²) in [4.78, 5) is 25.7. The maximum absolute atomic E-state index is 12.4. The number of rotatable bonds is 6. The van der Waals surface area contributed by atoms with Crippen molar-refractivity contribution in [3.63, 3.8) is 0 Å². The predicted octanol–water partition coefficient (Wildman–Crippen LogP) is 3.71. The molecule has 1 aliphatic rings. The van der Waals surface area contributed by atoms with Gasteiger partial charge in [0.15, 0.2) is 0 Å². The van der Waals surface area contributed by atoms with Crippen LogP contribution < -0.4 is 10.1 Å². The number of benzene rings is 1. The molecule has 1 atom stereocenters.